The van der Waals surface area contributed by atoms with E-state index < -0.39 is 12.5 Å². The minimum absolute atomic E-state index is 0.125. The predicted molar refractivity (Wildman–Crippen MR) is 63.7 cm³/mol. The van der Waals surface area contributed by atoms with Gasteiger partial charge in [-0.05, 0) is 17.5 Å². The summed E-state index contributed by atoms with van der Waals surface area (Å²) in [7, 11) is 0. The molecule has 1 aliphatic heterocycles. The van der Waals surface area contributed by atoms with Crippen LogP contribution in [0, 0.1) is 0 Å². The first-order valence-corrected chi connectivity index (χ1v) is 6.05. The Morgan fingerprint density at radius 3 is 2.94 bits per heavy atom. The zero-order valence-corrected chi connectivity index (χ0v) is 9.98. The molecule has 0 saturated heterocycles. The van der Waals surface area contributed by atoms with Crippen molar-refractivity contribution in [2.45, 2.75) is 25.1 Å². The van der Waals surface area contributed by atoms with Crippen LogP contribution in [-0.2, 0) is 11.2 Å². The molecule has 0 fully saturated rings. The smallest absolute Gasteiger partial charge is 0.265 e. The molecular formula is C13H17F2NO2. The Morgan fingerprint density at radius 1 is 1.39 bits per heavy atom. The van der Waals surface area contributed by atoms with E-state index in [0.717, 1.165) is 12.0 Å². The van der Waals surface area contributed by atoms with Crippen molar-refractivity contribution >= 4 is 0 Å². The number of aliphatic hydroxyl groups is 1. The quantitative estimate of drug-likeness (QED) is 0.840. The van der Waals surface area contributed by atoms with Crippen LogP contribution in [-0.4, -0.2) is 37.3 Å². The van der Waals surface area contributed by atoms with Gasteiger partial charge in [0, 0.05) is 13.1 Å². The normalized spacial score (nSPS) is 20.8. The molecule has 0 bridgehead atoms. The molecule has 0 saturated carbocycles. The van der Waals surface area contributed by atoms with E-state index >= 15 is 0 Å². The first-order valence-electron chi connectivity index (χ1n) is 6.05. The second-order valence-electron chi connectivity index (χ2n) is 4.37. The Bertz CT molecular complexity index is 387. The molecule has 0 aliphatic carbocycles. The van der Waals surface area contributed by atoms with Gasteiger partial charge in [0.15, 0.2) is 0 Å². The van der Waals surface area contributed by atoms with Crippen molar-refractivity contribution in [2.75, 3.05) is 19.7 Å². The number of rotatable bonds is 5. The van der Waals surface area contributed by atoms with Crippen LogP contribution in [0.15, 0.2) is 24.3 Å². The van der Waals surface area contributed by atoms with Gasteiger partial charge < -0.3 is 15.2 Å². The molecule has 1 aromatic carbocycles. The van der Waals surface area contributed by atoms with E-state index in [2.05, 4.69) is 11.4 Å². The molecule has 2 N–H and O–H groups in total. The monoisotopic (exact) mass is 257 g/mol. The van der Waals surface area contributed by atoms with E-state index in [1.54, 1.807) is 0 Å². The number of benzene rings is 1. The van der Waals surface area contributed by atoms with Gasteiger partial charge in [-0.15, -0.1) is 0 Å². The van der Waals surface area contributed by atoms with Crippen LogP contribution in [0.3, 0.4) is 0 Å². The lowest BCUT2D eigenvalue weighted by Crippen LogP contribution is -2.35. The molecule has 0 aromatic heterocycles. The lowest BCUT2D eigenvalue weighted by Gasteiger charge is -2.26. The van der Waals surface area contributed by atoms with Gasteiger partial charge in [-0.3, -0.25) is 0 Å². The van der Waals surface area contributed by atoms with Crippen molar-refractivity contribution in [3.8, 4) is 0 Å². The van der Waals surface area contributed by atoms with Crippen LogP contribution in [0.1, 0.15) is 17.2 Å². The molecule has 5 heteroatoms. The van der Waals surface area contributed by atoms with Crippen LogP contribution in [0.2, 0.25) is 0 Å². The zero-order valence-electron chi connectivity index (χ0n) is 9.98. The van der Waals surface area contributed by atoms with E-state index in [0.29, 0.717) is 13.2 Å². The predicted octanol–water partition coefficient (Wildman–Crippen LogP) is 1.52. The molecule has 1 aliphatic rings. The van der Waals surface area contributed by atoms with Crippen LogP contribution < -0.4 is 5.32 Å². The van der Waals surface area contributed by atoms with Crippen molar-refractivity contribution in [3.05, 3.63) is 35.4 Å². The van der Waals surface area contributed by atoms with E-state index in [4.69, 9.17) is 9.84 Å². The summed E-state index contributed by atoms with van der Waals surface area (Å²) in [4.78, 5) is 0. The van der Waals surface area contributed by atoms with E-state index in [1.807, 2.05) is 18.2 Å². The van der Waals surface area contributed by atoms with Gasteiger partial charge in [-0.2, -0.15) is 0 Å². The summed E-state index contributed by atoms with van der Waals surface area (Å²) in [6.07, 6.45) is -3.58. The van der Waals surface area contributed by atoms with Crippen LogP contribution in [0.5, 0.6) is 0 Å². The largest absolute Gasteiger partial charge is 0.386 e. The second-order valence-corrected chi connectivity index (χ2v) is 4.37. The molecule has 0 spiro atoms. The van der Waals surface area contributed by atoms with E-state index in [1.165, 1.54) is 5.56 Å². The minimum Gasteiger partial charge on any atom is -0.386 e. The Kier molecular flexibility index (Phi) is 4.63. The van der Waals surface area contributed by atoms with Crippen molar-refractivity contribution in [2.24, 2.45) is 0 Å². The molecule has 3 nitrogen and oxygen atoms in total. The Balaban J connectivity index is 1.88. The summed E-state index contributed by atoms with van der Waals surface area (Å²) in [5, 5.41) is 11.8. The summed E-state index contributed by atoms with van der Waals surface area (Å²) in [6, 6.07) is 7.97. The summed E-state index contributed by atoms with van der Waals surface area (Å²) in [5.74, 6) is 0. The molecular weight excluding hydrogens is 240 g/mol. The number of hydrogen-bond acceptors (Lipinski definition) is 3. The number of hydrogen-bond donors (Lipinski definition) is 2. The average molecular weight is 257 g/mol. The highest BCUT2D eigenvalue weighted by Crippen LogP contribution is 2.26. The highest BCUT2D eigenvalue weighted by molar-refractivity contribution is 5.31. The van der Waals surface area contributed by atoms with Crippen molar-refractivity contribution in [1.82, 2.24) is 5.32 Å². The number of aliphatic hydroxyl groups excluding tert-OH is 1. The van der Waals surface area contributed by atoms with Gasteiger partial charge >= 0.3 is 0 Å². The maximum Gasteiger partial charge on any atom is 0.265 e. The Labute approximate surface area is 105 Å². The second kappa shape index (κ2) is 6.22. The molecule has 2 atom stereocenters. The molecule has 2 unspecified atom stereocenters. The molecule has 0 amide bonds. The minimum atomic E-state index is -2.71. The highest BCUT2D eigenvalue weighted by atomic mass is 19.3. The number of halogens is 2. The summed E-state index contributed by atoms with van der Waals surface area (Å²) < 4.78 is 29.8. The number of alkyl halides is 2. The van der Waals surface area contributed by atoms with Crippen molar-refractivity contribution in [1.29, 1.82) is 0 Å². The summed E-state index contributed by atoms with van der Waals surface area (Å²) in [5.41, 5.74) is 2.34. The first-order chi connectivity index (χ1) is 8.68. The van der Waals surface area contributed by atoms with Gasteiger partial charge in [0.1, 0.15) is 6.10 Å². The molecule has 18 heavy (non-hydrogen) atoms. The van der Waals surface area contributed by atoms with Crippen molar-refractivity contribution < 1.29 is 18.6 Å². The topological polar surface area (TPSA) is 41.5 Å². The third-order valence-electron chi connectivity index (χ3n) is 3.07. The molecule has 1 aromatic rings. The van der Waals surface area contributed by atoms with Crippen molar-refractivity contribution in [3.63, 3.8) is 0 Å². The molecule has 0 radical (unpaired) electrons. The lowest BCUT2D eigenvalue weighted by atomic mass is 9.97. The third kappa shape index (κ3) is 3.25. The maximum atomic E-state index is 12.1. The SMILES string of the molecule is OC(CNCC1OCCc2ccccc21)C(F)F. The average Bonchev–Trinajstić information content (AvgIpc) is 2.38. The Morgan fingerprint density at radius 2 is 2.17 bits per heavy atom. The fraction of sp³-hybridized carbons (Fsp3) is 0.538. The van der Waals surface area contributed by atoms with E-state index in [-0.39, 0.29) is 12.6 Å². The molecule has 100 valence electrons. The van der Waals surface area contributed by atoms with Gasteiger partial charge in [-0.25, -0.2) is 8.78 Å². The first kappa shape index (κ1) is 13.4. The summed E-state index contributed by atoms with van der Waals surface area (Å²) >= 11 is 0. The summed E-state index contributed by atoms with van der Waals surface area (Å²) in [6.45, 7) is 0.946. The van der Waals surface area contributed by atoms with Crippen LogP contribution in [0.25, 0.3) is 0 Å². The standard InChI is InChI=1S/C13H17F2NO2/c14-13(15)11(17)7-16-8-12-10-4-2-1-3-9(10)5-6-18-12/h1-4,11-13,16-17H,5-8H2. The van der Waals surface area contributed by atoms with Gasteiger partial charge in [0.2, 0.25) is 0 Å². The van der Waals surface area contributed by atoms with Crippen LogP contribution >= 0.6 is 0 Å². The third-order valence-corrected chi connectivity index (χ3v) is 3.07. The van der Waals surface area contributed by atoms with Gasteiger partial charge in [-0.1, -0.05) is 24.3 Å². The molecule has 1 heterocycles. The highest BCUT2D eigenvalue weighted by Gasteiger charge is 2.21. The zero-order chi connectivity index (χ0) is 13.0. The number of fused-ring (bicyclic) bond motifs is 1. The Hall–Kier alpha value is -1.04. The van der Waals surface area contributed by atoms with Crippen LogP contribution in [0.4, 0.5) is 8.78 Å². The fourth-order valence-electron chi connectivity index (χ4n) is 2.10. The van der Waals surface area contributed by atoms with Gasteiger partial charge in [0.05, 0.1) is 12.7 Å². The lowest BCUT2D eigenvalue weighted by molar-refractivity contribution is -0.00800. The van der Waals surface area contributed by atoms with Gasteiger partial charge in [0.25, 0.3) is 6.43 Å². The van der Waals surface area contributed by atoms with E-state index in [9.17, 15) is 8.78 Å². The fourth-order valence-corrected chi connectivity index (χ4v) is 2.10. The number of ether oxygens (including phenoxy) is 1. The maximum absolute atomic E-state index is 12.1. The molecule has 2 rings (SSSR count). The number of nitrogens with one attached hydrogen (secondary N) is 1.